The lowest BCUT2D eigenvalue weighted by Crippen LogP contribution is -2.33. The second kappa shape index (κ2) is 3.95. The van der Waals surface area contributed by atoms with Crippen LogP contribution in [0.2, 0.25) is 10.0 Å². The van der Waals surface area contributed by atoms with Gasteiger partial charge in [-0.25, -0.2) is 0 Å². The molecule has 1 aromatic rings. The standard InChI is InChI=1S/C11H14Cl2N2/c1-11(5-6-11)10(15-14)7-3-2-4-8(12)9(7)13/h2-4,10,15H,5-6,14H2,1H3. The van der Waals surface area contributed by atoms with E-state index in [9.17, 15) is 0 Å². The lowest BCUT2D eigenvalue weighted by Gasteiger charge is -2.24. The van der Waals surface area contributed by atoms with E-state index >= 15 is 0 Å². The van der Waals surface area contributed by atoms with Crippen LogP contribution < -0.4 is 11.3 Å². The highest BCUT2D eigenvalue weighted by molar-refractivity contribution is 6.42. The predicted molar refractivity (Wildman–Crippen MR) is 63.9 cm³/mol. The van der Waals surface area contributed by atoms with Gasteiger partial charge < -0.3 is 0 Å². The number of nitrogens with one attached hydrogen (secondary N) is 1. The molecule has 1 saturated carbocycles. The second-order valence-electron chi connectivity index (χ2n) is 4.40. The van der Waals surface area contributed by atoms with E-state index in [1.54, 1.807) is 6.07 Å². The van der Waals surface area contributed by atoms with Crippen LogP contribution >= 0.6 is 23.2 Å². The average molecular weight is 245 g/mol. The molecule has 1 aliphatic carbocycles. The molecule has 1 aliphatic rings. The van der Waals surface area contributed by atoms with Crippen molar-refractivity contribution < 1.29 is 0 Å². The van der Waals surface area contributed by atoms with Crippen molar-refractivity contribution in [1.82, 2.24) is 5.43 Å². The minimum atomic E-state index is 0.0868. The van der Waals surface area contributed by atoms with Crippen LogP contribution in [0.4, 0.5) is 0 Å². The van der Waals surface area contributed by atoms with Gasteiger partial charge in [0.25, 0.3) is 0 Å². The Morgan fingerprint density at radius 3 is 2.60 bits per heavy atom. The lowest BCUT2D eigenvalue weighted by molar-refractivity contribution is 0.372. The van der Waals surface area contributed by atoms with Gasteiger partial charge in [-0.15, -0.1) is 0 Å². The number of hydrazine groups is 1. The SMILES string of the molecule is CC1(C(NN)c2cccc(Cl)c2Cl)CC1. The maximum Gasteiger partial charge on any atom is 0.0640 e. The lowest BCUT2D eigenvalue weighted by atomic mass is 9.92. The number of hydrogen-bond donors (Lipinski definition) is 2. The van der Waals surface area contributed by atoms with Gasteiger partial charge in [-0.3, -0.25) is 11.3 Å². The normalized spacial score (nSPS) is 20.0. The van der Waals surface area contributed by atoms with Crippen LogP contribution in [0.25, 0.3) is 0 Å². The van der Waals surface area contributed by atoms with Gasteiger partial charge in [0.05, 0.1) is 16.1 Å². The third kappa shape index (κ3) is 2.00. The molecule has 1 fully saturated rings. The summed E-state index contributed by atoms with van der Waals surface area (Å²) in [4.78, 5) is 0. The summed E-state index contributed by atoms with van der Waals surface area (Å²) in [7, 11) is 0. The summed E-state index contributed by atoms with van der Waals surface area (Å²) in [5, 5.41) is 1.19. The highest BCUT2D eigenvalue weighted by atomic mass is 35.5. The molecular formula is C11H14Cl2N2. The summed E-state index contributed by atoms with van der Waals surface area (Å²) in [5.41, 5.74) is 4.06. The summed E-state index contributed by atoms with van der Waals surface area (Å²) in [6.07, 6.45) is 2.34. The Morgan fingerprint density at radius 1 is 1.40 bits per heavy atom. The van der Waals surface area contributed by atoms with Crippen molar-refractivity contribution in [2.45, 2.75) is 25.8 Å². The van der Waals surface area contributed by atoms with E-state index in [2.05, 4.69) is 12.3 Å². The molecule has 1 atom stereocenters. The quantitative estimate of drug-likeness (QED) is 0.633. The molecule has 4 heteroatoms. The number of hydrogen-bond acceptors (Lipinski definition) is 2. The first-order valence-electron chi connectivity index (χ1n) is 4.98. The molecule has 0 amide bonds. The fourth-order valence-electron chi connectivity index (χ4n) is 1.90. The molecule has 1 unspecified atom stereocenters. The number of rotatable bonds is 3. The molecule has 1 aromatic carbocycles. The molecular weight excluding hydrogens is 231 g/mol. The maximum absolute atomic E-state index is 6.17. The van der Waals surface area contributed by atoms with Crippen molar-refractivity contribution in [3.8, 4) is 0 Å². The zero-order valence-electron chi connectivity index (χ0n) is 8.56. The molecule has 0 radical (unpaired) electrons. The van der Waals surface area contributed by atoms with Crippen molar-refractivity contribution in [2.24, 2.45) is 11.3 Å². The first-order valence-corrected chi connectivity index (χ1v) is 5.74. The van der Waals surface area contributed by atoms with Crippen LogP contribution in [0.5, 0.6) is 0 Å². The molecule has 15 heavy (non-hydrogen) atoms. The van der Waals surface area contributed by atoms with E-state index in [0.29, 0.717) is 10.0 Å². The number of benzene rings is 1. The zero-order valence-corrected chi connectivity index (χ0v) is 10.1. The fourth-order valence-corrected chi connectivity index (χ4v) is 2.31. The maximum atomic E-state index is 6.17. The minimum absolute atomic E-state index is 0.0868. The Hall–Kier alpha value is -0.280. The van der Waals surface area contributed by atoms with Gasteiger partial charge in [-0.05, 0) is 29.9 Å². The minimum Gasteiger partial charge on any atom is -0.271 e. The average Bonchev–Trinajstić information content (AvgIpc) is 2.93. The Morgan fingerprint density at radius 2 is 2.07 bits per heavy atom. The van der Waals surface area contributed by atoms with E-state index in [-0.39, 0.29) is 11.5 Å². The Labute approximate surface area is 99.7 Å². The third-order valence-electron chi connectivity index (χ3n) is 3.19. The summed E-state index contributed by atoms with van der Waals surface area (Å²) < 4.78 is 0. The topological polar surface area (TPSA) is 38.0 Å². The van der Waals surface area contributed by atoms with Crippen LogP contribution in [-0.4, -0.2) is 0 Å². The van der Waals surface area contributed by atoms with Crippen molar-refractivity contribution in [3.63, 3.8) is 0 Å². The van der Waals surface area contributed by atoms with Gasteiger partial charge >= 0.3 is 0 Å². The first kappa shape index (κ1) is 11.2. The highest BCUT2D eigenvalue weighted by Crippen LogP contribution is 2.55. The first-order chi connectivity index (χ1) is 7.08. The Balaban J connectivity index is 2.38. The third-order valence-corrected chi connectivity index (χ3v) is 4.03. The largest absolute Gasteiger partial charge is 0.271 e. The van der Waals surface area contributed by atoms with Gasteiger partial charge in [-0.2, -0.15) is 0 Å². The van der Waals surface area contributed by atoms with Gasteiger partial charge in [0.15, 0.2) is 0 Å². The zero-order chi connectivity index (χ0) is 11.1. The molecule has 2 rings (SSSR count). The molecule has 0 saturated heterocycles. The van der Waals surface area contributed by atoms with E-state index in [1.165, 1.54) is 12.8 Å². The van der Waals surface area contributed by atoms with E-state index < -0.39 is 0 Å². The van der Waals surface area contributed by atoms with Gasteiger partial charge in [0, 0.05) is 0 Å². The summed E-state index contributed by atoms with van der Waals surface area (Å²) in [6, 6.07) is 5.75. The summed E-state index contributed by atoms with van der Waals surface area (Å²) in [6.45, 7) is 2.20. The number of nitrogens with two attached hydrogens (primary N) is 1. The Kier molecular flexibility index (Phi) is 2.95. The van der Waals surface area contributed by atoms with Crippen molar-refractivity contribution in [3.05, 3.63) is 33.8 Å². The van der Waals surface area contributed by atoms with Gasteiger partial charge in [0.1, 0.15) is 0 Å². The van der Waals surface area contributed by atoms with Crippen LogP contribution in [0, 0.1) is 5.41 Å². The highest BCUT2D eigenvalue weighted by Gasteiger charge is 2.45. The predicted octanol–water partition coefficient (Wildman–Crippen LogP) is 3.30. The molecule has 3 N–H and O–H groups in total. The van der Waals surface area contributed by atoms with E-state index in [1.807, 2.05) is 12.1 Å². The van der Waals surface area contributed by atoms with Crippen LogP contribution in [-0.2, 0) is 0 Å². The summed E-state index contributed by atoms with van der Waals surface area (Å²) in [5.74, 6) is 5.60. The van der Waals surface area contributed by atoms with Gasteiger partial charge in [-0.1, -0.05) is 42.3 Å². The van der Waals surface area contributed by atoms with Crippen LogP contribution in [0.15, 0.2) is 18.2 Å². The van der Waals surface area contributed by atoms with Crippen molar-refractivity contribution in [1.29, 1.82) is 0 Å². The molecule has 0 aliphatic heterocycles. The van der Waals surface area contributed by atoms with Crippen LogP contribution in [0.3, 0.4) is 0 Å². The monoisotopic (exact) mass is 244 g/mol. The molecule has 0 spiro atoms. The Bertz CT molecular complexity index is 375. The molecule has 82 valence electrons. The summed E-state index contributed by atoms with van der Waals surface area (Å²) >= 11 is 12.2. The van der Waals surface area contributed by atoms with Crippen molar-refractivity contribution >= 4 is 23.2 Å². The van der Waals surface area contributed by atoms with E-state index in [4.69, 9.17) is 29.0 Å². The van der Waals surface area contributed by atoms with E-state index in [0.717, 1.165) is 5.56 Å². The fraction of sp³-hybridized carbons (Fsp3) is 0.455. The van der Waals surface area contributed by atoms with Gasteiger partial charge in [0.2, 0.25) is 0 Å². The second-order valence-corrected chi connectivity index (χ2v) is 5.18. The molecule has 2 nitrogen and oxygen atoms in total. The molecule has 0 bridgehead atoms. The molecule has 0 aromatic heterocycles. The van der Waals surface area contributed by atoms with Crippen LogP contribution in [0.1, 0.15) is 31.4 Å². The van der Waals surface area contributed by atoms with Crippen molar-refractivity contribution in [2.75, 3.05) is 0 Å². The smallest absolute Gasteiger partial charge is 0.0640 e. The number of halogens is 2. The molecule has 0 heterocycles.